The fraction of sp³-hybridized carbons (Fsp3) is 0.722. The molecule has 2 unspecified atom stereocenters. The molecule has 21 heavy (non-hydrogen) atoms. The quantitative estimate of drug-likeness (QED) is 0.908. The fourth-order valence-corrected chi connectivity index (χ4v) is 3.04. The maximum atomic E-state index is 4.67. The van der Waals surface area contributed by atoms with Crippen LogP contribution in [0.1, 0.15) is 58.9 Å². The molecule has 1 aliphatic rings. The molecule has 0 saturated heterocycles. The summed E-state index contributed by atoms with van der Waals surface area (Å²) in [5.41, 5.74) is 1.40. The fourth-order valence-electron chi connectivity index (χ4n) is 3.04. The lowest BCUT2D eigenvalue weighted by Crippen LogP contribution is -2.36. The number of rotatable bonds is 4. The molecule has 3 nitrogen and oxygen atoms in total. The van der Waals surface area contributed by atoms with Crippen LogP contribution in [0.2, 0.25) is 0 Å². The number of nitrogens with one attached hydrogen (secondary N) is 1. The third kappa shape index (κ3) is 4.99. The van der Waals surface area contributed by atoms with E-state index in [1.165, 1.54) is 31.2 Å². The highest BCUT2D eigenvalue weighted by atomic mass is 15.2. The molecule has 0 aliphatic heterocycles. The third-order valence-corrected chi connectivity index (χ3v) is 4.45. The van der Waals surface area contributed by atoms with Gasteiger partial charge in [0.15, 0.2) is 0 Å². The molecule has 0 bridgehead atoms. The van der Waals surface area contributed by atoms with Crippen molar-refractivity contribution in [1.82, 2.24) is 10.3 Å². The maximum absolute atomic E-state index is 4.67. The van der Waals surface area contributed by atoms with Crippen molar-refractivity contribution in [2.24, 2.45) is 5.92 Å². The molecule has 1 aliphatic carbocycles. The summed E-state index contributed by atoms with van der Waals surface area (Å²) >= 11 is 0. The zero-order valence-electron chi connectivity index (χ0n) is 14.3. The Morgan fingerprint density at radius 3 is 2.62 bits per heavy atom. The number of aromatic nitrogens is 1. The average molecular weight is 289 g/mol. The SMILES string of the molecule is CC1CCCC(N(C)c2ccc(CNC(C)(C)C)cn2)C1. The van der Waals surface area contributed by atoms with Gasteiger partial charge in [0.25, 0.3) is 0 Å². The van der Waals surface area contributed by atoms with Crippen LogP contribution in [0.5, 0.6) is 0 Å². The molecule has 1 saturated carbocycles. The summed E-state index contributed by atoms with van der Waals surface area (Å²) in [4.78, 5) is 7.04. The van der Waals surface area contributed by atoms with Crippen molar-refractivity contribution in [3.63, 3.8) is 0 Å². The Bertz CT molecular complexity index is 433. The van der Waals surface area contributed by atoms with Crippen molar-refractivity contribution < 1.29 is 0 Å². The predicted molar refractivity (Wildman–Crippen MR) is 90.7 cm³/mol. The highest BCUT2D eigenvalue weighted by molar-refractivity contribution is 5.39. The van der Waals surface area contributed by atoms with Crippen molar-refractivity contribution in [1.29, 1.82) is 0 Å². The van der Waals surface area contributed by atoms with Gasteiger partial charge in [-0.3, -0.25) is 0 Å². The van der Waals surface area contributed by atoms with Crippen LogP contribution in [0, 0.1) is 5.92 Å². The first-order chi connectivity index (χ1) is 9.85. The van der Waals surface area contributed by atoms with E-state index in [-0.39, 0.29) is 5.54 Å². The Balaban J connectivity index is 1.94. The van der Waals surface area contributed by atoms with Crippen LogP contribution in [0.4, 0.5) is 5.82 Å². The van der Waals surface area contributed by atoms with Crippen LogP contribution >= 0.6 is 0 Å². The van der Waals surface area contributed by atoms with Crippen LogP contribution in [0.15, 0.2) is 18.3 Å². The lowest BCUT2D eigenvalue weighted by molar-refractivity contribution is 0.335. The molecule has 2 rings (SSSR count). The van der Waals surface area contributed by atoms with Crippen molar-refractivity contribution in [3.8, 4) is 0 Å². The van der Waals surface area contributed by atoms with Crippen LogP contribution in [0.25, 0.3) is 0 Å². The van der Waals surface area contributed by atoms with E-state index < -0.39 is 0 Å². The Hall–Kier alpha value is -1.09. The summed E-state index contributed by atoms with van der Waals surface area (Å²) in [6.45, 7) is 9.81. The van der Waals surface area contributed by atoms with Crippen LogP contribution in [0.3, 0.4) is 0 Å². The molecule has 1 heterocycles. The summed E-state index contributed by atoms with van der Waals surface area (Å²) in [6, 6.07) is 5.02. The van der Waals surface area contributed by atoms with Crippen molar-refractivity contribution >= 4 is 5.82 Å². The summed E-state index contributed by atoms with van der Waals surface area (Å²) < 4.78 is 0. The molecule has 118 valence electrons. The normalized spacial score (nSPS) is 23.1. The second-order valence-electron chi connectivity index (χ2n) is 7.66. The first-order valence-corrected chi connectivity index (χ1v) is 8.28. The average Bonchev–Trinajstić information content (AvgIpc) is 2.44. The first kappa shape index (κ1) is 16.3. The number of pyridine rings is 1. The van der Waals surface area contributed by atoms with Crippen LogP contribution in [-0.2, 0) is 6.54 Å². The van der Waals surface area contributed by atoms with Gasteiger partial charge in [-0.2, -0.15) is 0 Å². The van der Waals surface area contributed by atoms with E-state index in [0.717, 1.165) is 18.3 Å². The van der Waals surface area contributed by atoms with Gasteiger partial charge in [0, 0.05) is 31.4 Å². The zero-order valence-corrected chi connectivity index (χ0v) is 14.3. The highest BCUT2D eigenvalue weighted by Crippen LogP contribution is 2.28. The standard InChI is InChI=1S/C18H31N3/c1-14-7-6-8-16(11-14)21(5)17-10-9-15(12-19-17)13-20-18(2,3)4/h9-10,12,14,16,20H,6-8,11,13H2,1-5H3. The van der Waals surface area contributed by atoms with Crippen LogP contribution in [-0.4, -0.2) is 23.6 Å². The van der Waals surface area contributed by atoms with Gasteiger partial charge in [0.2, 0.25) is 0 Å². The van der Waals surface area contributed by atoms with Crippen molar-refractivity contribution in [2.45, 2.75) is 71.5 Å². The molecule has 1 aromatic heterocycles. The predicted octanol–water partition coefficient (Wildman–Crippen LogP) is 3.98. The van der Waals surface area contributed by atoms with Gasteiger partial charge < -0.3 is 10.2 Å². The van der Waals surface area contributed by atoms with E-state index in [0.29, 0.717) is 6.04 Å². The van der Waals surface area contributed by atoms with Crippen molar-refractivity contribution in [3.05, 3.63) is 23.9 Å². The lowest BCUT2D eigenvalue weighted by atomic mass is 9.86. The monoisotopic (exact) mass is 289 g/mol. The third-order valence-electron chi connectivity index (χ3n) is 4.45. The molecule has 0 amide bonds. The molecular weight excluding hydrogens is 258 g/mol. The Kier molecular flexibility index (Phi) is 5.26. The summed E-state index contributed by atoms with van der Waals surface area (Å²) in [6.07, 6.45) is 7.34. The van der Waals surface area contributed by atoms with Gasteiger partial charge in [-0.15, -0.1) is 0 Å². The first-order valence-electron chi connectivity index (χ1n) is 8.28. The number of hydrogen-bond acceptors (Lipinski definition) is 3. The van der Waals surface area contributed by atoms with E-state index in [1.807, 2.05) is 6.20 Å². The maximum Gasteiger partial charge on any atom is 0.128 e. The lowest BCUT2D eigenvalue weighted by Gasteiger charge is -2.35. The van der Waals surface area contributed by atoms with E-state index in [9.17, 15) is 0 Å². The van der Waals surface area contributed by atoms with Gasteiger partial charge in [-0.1, -0.05) is 25.8 Å². The molecule has 1 N–H and O–H groups in total. The molecule has 0 spiro atoms. The largest absolute Gasteiger partial charge is 0.357 e. The second kappa shape index (κ2) is 6.78. The minimum atomic E-state index is 0.147. The summed E-state index contributed by atoms with van der Waals surface area (Å²) in [5, 5.41) is 3.50. The Labute approximate surface area is 130 Å². The number of anilines is 1. The Morgan fingerprint density at radius 1 is 1.29 bits per heavy atom. The molecule has 1 fully saturated rings. The van der Waals surface area contributed by atoms with Gasteiger partial charge in [0.05, 0.1) is 0 Å². The molecule has 0 radical (unpaired) electrons. The van der Waals surface area contributed by atoms with Crippen LogP contribution < -0.4 is 10.2 Å². The highest BCUT2D eigenvalue weighted by Gasteiger charge is 2.23. The minimum absolute atomic E-state index is 0.147. The molecule has 2 atom stereocenters. The van der Waals surface area contributed by atoms with E-state index in [2.05, 4.69) is 62.1 Å². The van der Waals surface area contributed by atoms with E-state index in [1.54, 1.807) is 0 Å². The summed E-state index contributed by atoms with van der Waals surface area (Å²) in [7, 11) is 2.19. The topological polar surface area (TPSA) is 28.2 Å². The van der Waals surface area contributed by atoms with E-state index in [4.69, 9.17) is 0 Å². The molecular formula is C18H31N3. The van der Waals surface area contributed by atoms with Gasteiger partial charge in [0.1, 0.15) is 5.82 Å². The van der Waals surface area contributed by atoms with Gasteiger partial charge in [-0.05, 0) is 51.2 Å². The van der Waals surface area contributed by atoms with Crippen molar-refractivity contribution in [2.75, 3.05) is 11.9 Å². The smallest absolute Gasteiger partial charge is 0.128 e. The van der Waals surface area contributed by atoms with Gasteiger partial charge in [-0.25, -0.2) is 4.98 Å². The minimum Gasteiger partial charge on any atom is -0.357 e. The zero-order chi connectivity index (χ0) is 15.5. The number of nitrogens with zero attached hydrogens (tertiary/aromatic N) is 2. The Morgan fingerprint density at radius 2 is 2.05 bits per heavy atom. The molecule has 0 aromatic carbocycles. The molecule has 3 heteroatoms. The van der Waals surface area contributed by atoms with Gasteiger partial charge >= 0.3 is 0 Å². The molecule has 1 aromatic rings. The summed E-state index contributed by atoms with van der Waals surface area (Å²) in [5.74, 6) is 1.95. The van der Waals surface area contributed by atoms with E-state index >= 15 is 0 Å². The number of hydrogen-bond donors (Lipinski definition) is 1. The second-order valence-corrected chi connectivity index (χ2v) is 7.66.